The second-order valence-electron chi connectivity index (χ2n) is 7.71. The monoisotopic (exact) mass is 394 g/mol. The highest BCUT2D eigenvalue weighted by molar-refractivity contribution is 5.89. The molecular weight excluding hydrogens is 368 g/mol. The van der Waals surface area contributed by atoms with Crippen LogP contribution in [0.4, 0.5) is 0 Å². The van der Waals surface area contributed by atoms with Crippen LogP contribution in [0.3, 0.4) is 0 Å². The van der Waals surface area contributed by atoms with Gasteiger partial charge in [0.1, 0.15) is 6.10 Å². The van der Waals surface area contributed by atoms with Crippen molar-refractivity contribution in [2.45, 2.75) is 51.3 Å². The third-order valence-electron chi connectivity index (χ3n) is 5.55. The molecule has 1 N–H and O–H groups in total. The molecule has 1 unspecified atom stereocenters. The molecule has 1 aliphatic heterocycles. The predicted molar refractivity (Wildman–Crippen MR) is 107 cm³/mol. The summed E-state index contributed by atoms with van der Waals surface area (Å²) in [6.45, 7) is 1.20. The van der Waals surface area contributed by atoms with Crippen molar-refractivity contribution in [3.05, 3.63) is 54.0 Å². The van der Waals surface area contributed by atoms with E-state index in [0.717, 1.165) is 24.1 Å². The highest BCUT2D eigenvalue weighted by atomic mass is 16.5. The van der Waals surface area contributed by atoms with Gasteiger partial charge in [-0.2, -0.15) is 0 Å². The van der Waals surface area contributed by atoms with E-state index < -0.39 is 0 Å². The van der Waals surface area contributed by atoms with E-state index in [0.29, 0.717) is 25.5 Å². The van der Waals surface area contributed by atoms with Gasteiger partial charge in [-0.3, -0.25) is 14.6 Å². The Labute approximate surface area is 170 Å². The van der Waals surface area contributed by atoms with Gasteiger partial charge in [0, 0.05) is 37.5 Å². The highest BCUT2D eigenvalue weighted by Crippen LogP contribution is 2.25. The summed E-state index contributed by atoms with van der Waals surface area (Å²) in [4.78, 5) is 35.3. The van der Waals surface area contributed by atoms with Crippen molar-refractivity contribution >= 4 is 11.8 Å². The average Bonchev–Trinajstić information content (AvgIpc) is 3.38. The number of pyridine rings is 2. The fourth-order valence-corrected chi connectivity index (χ4v) is 3.94. The molecule has 2 aromatic heterocycles. The number of hydrogen-bond acceptors (Lipinski definition) is 5. The molecule has 0 aromatic carbocycles. The van der Waals surface area contributed by atoms with E-state index >= 15 is 0 Å². The SMILES string of the molecule is O=C(NCc1cccnc1OC1CCCC1)C1CC(=O)N(Cc2ccccn2)C1. The van der Waals surface area contributed by atoms with Crippen molar-refractivity contribution in [2.24, 2.45) is 5.92 Å². The first kappa shape index (κ1) is 19.4. The maximum atomic E-state index is 12.7. The fourth-order valence-electron chi connectivity index (χ4n) is 3.94. The number of rotatable bonds is 7. The fraction of sp³-hybridized carbons (Fsp3) is 0.455. The van der Waals surface area contributed by atoms with E-state index in [4.69, 9.17) is 4.74 Å². The number of carbonyl (C=O) groups excluding carboxylic acids is 2. The molecule has 7 nitrogen and oxygen atoms in total. The summed E-state index contributed by atoms with van der Waals surface area (Å²) >= 11 is 0. The van der Waals surface area contributed by atoms with E-state index in [1.54, 1.807) is 17.3 Å². The molecule has 4 rings (SSSR count). The van der Waals surface area contributed by atoms with Crippen molar-refractivity contribution in [1.29, 1.82) is 0 Å². The summed E-state index contributed by atoms with van der Waals surface area (Å²) in [6.07, 6.45) is 8.35. The van der Waals surface area contributed by atoms with Crippen molar-refractivity contribution in [3.63, 3.8) is 0 Å². The third kappa shape index (κ3) is 4.91. The number of nitrogens with zero attached hydrogens (tertiary/aromatic N) is 3. The number of ether oxygens (including phenoxy) is 1. The Morgan fingerprint density at radius 2 is 1.97 bits per heavy atom. The summed E-state index contributed by atoms with van der Waals surface area (Å²) in [6, 6.07) is 9.39. The van der Waals surface area contributed by atoms with E-state index in [-0.39, 0.29) is 30.3 Å². The molecule has 3 heterocycles. The Morgan fingerprint density at radius 1 is 1.14 bits per heavy atom. The zero-order chi connectivity index (χ0) is 20.1. The Hall–Kier alpha value is -2.96. The predicted octanol–water partition coefficient (Wildman–Crippen LogP) is 2.46. The largest absolute Gasteiger partial charge is 0.474 e. The molecule has 0 spiro atoms. The van der Waals surface area contributed by atoms with Gasteiger partial charge < -0.3 is 15.0 Å². The molecule has 1 atom stereocenters. The number of amides is 2. The van der Waals surface area contributed by atoms with E-state index in [2.05, 4.69) is 15.3 Å². The van der Waals surface area contributed by atoms with E-state index in [9.17, 15) is 9.59 Å². The molecule has 1 saturated carbocycles. The molecule has 2 aromatic rings. The number of likely N-dealkylation sites (tertiary alicyclic amines) is 1. The molecule has 0 radical (unpaired) electrons. The summed E-state index contributed by atoms with van der Waals surface area (Å²) in [5.41, 5.74) is 1.69. The van der Waals surface area contributed by atoms with Gasteiger partial charge in [0.05, 0.1) is 18.2 Å². The normalized spacial score (nSPS) is 19.5. The van der Waals surface area contributed by atoms with Crippen LogP contribution in [-0.2, 0) is 22.7 Å². The lowest BCUT2D eigenvalue weighted by Gasteiger charge is -2.17. The molecule has 0 bridgehead atoms. The zero-order valence-corrected chi connectivity index (χ0v) is 16.4. The Balaban J connectivity index is 1.31. The second-order valence-corrected chi connectivity index (χ2v) is 7.71. The maximum Gasteiger partial charge on any atom is 0.225 e. The van der Waals surface area contributed by atoms with Gasteiger partial charge in [-0.05, 0) is 43.9 Å². The summed E-state index contributed by atoms with van der Waals surface area (Å²) < 4.78 is 6.03. The molecule has 7 heteroatoms. The molecule has 1 saturated heterocycles. The molecule has 152 valence electrons. The minimum atomic E-state index is -0.345. The van der Waals surface area contributed by atoms with Crippen LogP contribution in [-0.4, -0.2) is 39.3 Å². The first-order chi connectivity index (χ1) is 14.2. The van der Waals surface area contributed by atoms with Crippen molar-refractivity contribution in [3.8, 4) is 5.88 Å². The van der Waals surface area contributed by atoms with Crippen LogP contribution < -0.4 is 10.1 Å². The van der Waals surface area contributed by atoms with Gasteiger partial charge in [-0.25, -0.2) is 4.98 Å². The average molecular weight is 394 g/mol. The Kier molecular flexibility index (Phi) is 6.03. The van der Waals surface area contributed by atoms with Crippen LogP contribution >= 0.6 is 0 Å². The molecule has 29 heavy (non-hydrogen) atoms. The molecule has 1 aliphatic carbocycles. The number of carbonyl (C=O) groups is 2. The standard InChI is InChI=1S/C22H26N4O3/c27-20-12-17(14-26(20)15-18-7-3-4-10-23-18)21(28)25-13-16-6-5-11-24-22(16)29-19-8-1-2-9-19/h3-7,10-11,17,19H,1-2,8-9,12-15H2,(H,25,28). The minimum absolute atomic E-state index is 0.0116. The van der Waals surface area contributed by atoms with Gasteiger partial charge in [-0.15, -0.1) is 0 Å². The molecule has 2 amide bonds. The number of aromatic nitrogens is 2. The van der Waals surface area contributed by atoms with Crippen molar-refractivity contribution < 1.29 is 14.3 Å². The zero-order valence-electron chi connectivity index (χ0n) is 16.4. The van der Waals surface area contributed by atoms with Gasteiger partial charge in [0.25, 0.3) is 0 Å². The van der Waals surface area contributed by atoms with Gasteiger partial charge in [0.15, 0.2) is 0 Å². The van der Waals surface area contributed by atoms with E-state index in [1.807, 2.05) is 30.3 Å². The first-order valence-electron chi connectivity index (χ1n) is 10.2. The molecular formula is C22H26N4O3. The number of nitrogens with one attached hydrogen (secondary N) is 1. The topological polar surface area (TPSA) is 84.4 Å². The van der Waals surface area contributed by atoms with Gasteiger partial charge in [-0.1, -0.05) is 12.1 Å². The van der Waals surface area contributed by atoms with Gasteiger partial charge in [0.2, 0.25) is 17.7 Å². The van der Waals surface area contributed by atoms with Crippen LogP contribution in [0.1, 0.15) is 43.4 Å². The number of hydrogen-bond donors (Lipinski definition) is 1. The van der Waals surface area contributed by atoms with Crippen LogP contribution in [0.15, 0.2) is 42.7 Å². The highest BCUT2D eigenvalue weighted by Gasteiger charge is 2.34. The third-order valence-corrected chi connectivity index (χ3v) is 5.55. The maximum absolute atomic E-state index is 12.7. The summed E-state index contributed by atoms with van der Waals surface area (Å²) in [7, 11) is 0. The van der Waals surface area contributed by atoms with Crippen LogP contribution in [0.25, 0.3) is 0 Å². The van der Waals surface area contributed by atoms with Crippen LogP contribution in [0, 0.1) is 5.92 Å². The first-order valence-corrected chi connectivity index (χ1v) is 10.2. The summed E-state index contributed by atoms with van der Waals surface area (Å²) in [5, 5.41) is 2.96. The molecule has 2 fully saturated rings. The van der Waals surface area contributed by atoms with Crippen LogP contribution in [0.2, 0.25) is 0 Å². The van der Waals surface area contributed by atoms with Crippen molar-refractivity contribution in [2.75, 3.05) is 6.54 Å². The van der Waals surface area contributed by atoms with E-state index in [1.165, 1.54) is 12.8 Å². The van der Waals surface area contributed by atoms with Crippen LogP contribution in [0.5, 0.6) is 5.88 Å². The smallest absolute Gasteiger partial charge is 0.225 e. The van der Waals surface area contributed by atoms with Gasteiger partial charge >= 0.3 is 0 Å². The Morgan fingerprint density at radius 3 is 2.76 bits per heavy atom. The van der Waals surface area contributed by atoms with Crippen molar-refractivity contribution in [1.82, 2.24) is 20.2 Å². The quantitative estimate of drug-likeness (QED) is 0.780. The lowest BCUT2D eigenvalue weighted by Crippen LogP contribution is -2.32. The Bertz CT molecular complexity index is 852. The molecule has 2 aliphatic rings. The second kappa shape index (κ2) is 9.03. The summed E-state index contributed by atoms with van der Waals surface area (Å²) in [5.74, 6) is 0.126. The lowest BCUT2D eigenvalue weighted by molar-refractivity contribution is -0.129. The lowest BCUT2D eigenvalue weighted by atomic mass is 10.1. The minimum Gasteiger partial charge on any atom is -0.474 e.